The second-order valence-corrected chi connectivity index (χ2v) is 2.06. The third-order valence-corrected chi connectivity index (χ3v) is 1.21. The van der Waals surface area contributed by atoms with Crippen LogP contribution in [0.2, 0.25) is 0 Å². The van der Waals surface area contributed by atoms with Gasteiger partial charge in [-0.25, -0.2) is 4.98 Å². The molecule has 0 atom stereocenters. The van der Waals surface area contributed by atoms with Crippen LogP contribution in [-0.4, -0.2) is 16.4 Å². The number of nitrogens with two attached hydrogens (primary N) is 1. The van der Waals surface area contributed by atoms with Crippen molar-refractivity contribution < 1.29 is 5.21 Å². The number of hydrogen-bond donors (Lipinski definition) is 2. The minimum atomic E-state index is 0.480. The third-order valence-electron chi connectivity index (χ3n) is 1.21. The van der Waals surface area contributed by atoms with Crippen molar-refractivity contribution in [3.05, 3.63) is 23.9 Å². The molecule has 0 bridgehead atoms. The van der Waals surface area contributed by atoms with Crippen LogP contribution in [0.5, 0.6) is 0 Å². The molecule has 0 unspecified atom stereocenters. The number of aromatic nitrogens is 1. The van der Waals surface area contributed by atoms with E-state index in [0.29, 0.717) is 12.2 Å². The van der Waals surface area contributed by atoms with Crippen LogP contribution in [0.15, 0.2) is 23.4 Å². The fourth-order valence-electron chi connectivity index (χ4n) is 0.746. The minimum Gasteiger partial charge on any atom is -0.411 e. The molecule has 0 fully saturated rings. The van der Waals surface area contributed by atoms with Crippen molar-refractivity contribution >= 4 is 12.0 Å². The van der Waals surface area contributed by atoms with Crippen LogP contribution in [0, 0.1) is 0 Å². The van der Waals surface area contributed by atoms with Gasteiger partial charge in [-0.1, -0.05) is 6.07 Å². The van der Waals surface area contributed by atoms with Crippen molar-refractivity contribution in [2.45, 2.75) is 6.42 Å². The van der Waals surface area contributed by atoms with E-state index in [4.69, 9.17) is 10.9 Å². The van der Waals surface area contributed by atoms with E-state index in [1.54, 1.807) is 6.07 Å². The van der Waals surface area contributed by atoms with Crippen molar-refractivity contribution in [3.8, 4) is 0 Å². The maximum atomic E-state index is 8.11. The molecule has 0 aliphatic rings. The highest BCUT2D eigenvalue weighted by molar-refractivity contribution is 5.59. The van der Waals surface area contributed by atoms with Crippen LogP contribution in [0.3, 0.4) is 0 Å². The standard InChI is InChI=1S/C7H9N3O/c8-7-3-1-2-6(10-7)4-5-9-11/h1-3,5,11H,4H2,(H2,8,10)/b9-5-. The Morgan fingerprint density at radius 1 is 1.64 bits per heavy atom. The molecule has 0 saturated carbocycles. The first kappa shape index (κ1) is 7.53. The number of oxime groups is 1. The van der Waals surface area contributed by atoms with Crippen LogP contribution in [0.1, 0.15) is 5.69 Å². The summed E-state index contributed by atoms with van der Waals surface area (Å²) in [6, 6.07) is 5.33. The van der Waals surface area contributed by atoms with Crippen LogP contribution in [0.4, 0.5) is 5.82 Å². The van der Waals surface area contributed by atoms with Gasteiger partial charge in [0.2, 0.25) is 0 Å². The maximum absolute atomic E-state index is 8.11. The Balaban J connectivity index is 2.71. The SMILES string of the molecule is Nc1cccc(C/C=N\O)n1. The van der Waals surface area contributed by atoms with Gasteiger partial charge in [0.1, 0.15) is 5.82 Å². The van der Waals surface area contributed by atoms with Crippen molar-refractivity contribution in [2.24, 2.45) is 5.16 Å². The number of nitrogens with zero attached hydrogens (tertiary/aromatic N) is 2. The predicted octanol–water partition coefficient (Wildman–Crippen LogP) is 0.666. The Labute approximate surface area is 64.4 Å². The molecular formula is C7H9N3O. The molecule has 3 N–H and O–H groups in total. The third kappa shape index (κ3) is 2.25. The number of nitrogen functional groups attached to an aromatic ring is 1. The van der Waals surface area contributed by atoms with Gasteiger partial charge in [-0.05, 0) is 12.1 Å². The molecule has 0 aliphatic heterocycles. The van der Waals surface area contributed by atoms with Crippen LogP contribution < -0.4 is 5.73 Å². The Morgan fingerprint density at radius 3 is 3.09 bits per heavy atom. The van der Waals surface area contributed by atoms with E-state index < -0.39 is 0 Å². The Kier molecular flexibility index (Phi) is 2.43. The van der Waals surface area contributed by atoms with Gasteiger partial charge in [0.05, 0.1) is 0 Å². The van der Waals surface area contributed by atoms with Gasteiger partial charge < -0.3 is 10.9 Å². The van der Waals surface area contributed by atoms with Gasteiger partial charge >= 0.3 is 0 Å². The lowest BCUT2D eigenvalue weighted by Crippen LogP contribution is -1.95. The summed E-state index contributed by atoms with van der Waals surface area (Å²) in [7, 11) is 0. The highest BCUT2D eigenvalue weighted by Gasteiger charge is 1.91. The highest BCUT2D eigenvalue weighted by atomic mass is 16.4. The lowest BCUT2D eigenvalue weighted by molar-refractivity contribution is 0.320. The zero-order valence-corrected chi connectivity index (χ0v) is 5.94. The number of anilines is 1. The van der Waals surface area contributed by atoms with E-state index in [0.717, 1.165) is 5.69 Å². The number of pyridine rings is 1. The molecular weight excluding hydrogens is 142 g/mol. The smallest absolute Gasteiger partial charge is 0.123 e. The summed E-state index contributed by atoms with van der Waals surface area (Å²) in [4.78, 5) is 3.99. The molecule has 0 spiro atoms. The molecule has 0 aliphatic carbocycles. The van der Waals surface area contributed by atoms with Crippen LogP contribution in [-0.2, 0) is 6.42 Å². The first-order chi connectivity index (χ1) is 5.33. The molecule has 0 aromatic carbocycles. The lowest BCUT2D eigenvalue weighted by atomic mass is 10.3. The summed E-state index contributed by atoms with van der Waals surface area (Å²) in [6.45, 7) is 0. The van der Waals surface area contributed by atoms with Gasteiger partial charge in [0.15, 0.2) is 0 Å². The fraction of sp³-hybridized carbons (Fsp3) is 0.143. The van der Waals surface area contributed by atoms with E-state index >= 15 is 0 Å². The zero-order valence-electron chi connectivity index (χ0n) is 5.94. The summed E-state index contributed by atoms with van der Waals surface area (Å²) < 4.78 is 0. The monoisotopic (exact) mass is 151 g/mol. The van der Waals surface area contributed by atoms with Gasteiger partial charge in [0.25, 0.3) is 0 Å². The molecule has 58 valence electrons. The van der Waals surface area contributed by atoms with Crippen molar-refractivity contribution in [1.82, 2.24) is 4.98 Å². The molecule has 0 saturated heterocycles. The van der Waals surface area contributed by atoms with Crippen LogP contribution >= 0.6 is 0 Å². The van der Waals surface area contributed by atoms with Gasteiger partial charge in [-0.2, -0.15) is 0 Å². The van der Waals surface area contributed by atoms with Gasteiger partial charge in [-0.15, -0.1) is 5.16 Å². The lowest BCUT2D eigenvalue weighted by Gasteiger charge is -1.95. The highest BCUT2D eigenvalue weighted by Crippen LogP contribution is 1.99. The van der Waals surface area contributed by atoms with Crippen molar-refractivity contribution in [1.29, 1.82) is 0 Å². The second kappa shape index (κ2) is 3.55. The van der Waals surface area contributed by atoms with Gasteiger partial charge in [0, 0.05) is 18.3 Å². The zero-order chi connectivity index (χ0) is 8.10. The summed E-state index contributed by atoms with van der Waals surface area (Å²) in [5.74, 6) is 0.480. The number of hydrogen-bond acceptors (Lipinski definition) is 4. The van der Waals surface area contributed by atoms with E-state index in [-0.39, 0.29) is 0 Å². The topological polar surface area (TPSA) is 71.5 Å². The molecule has 4 heteroatoms. The molecule has 4 nitrogen and oxygen atoms in total. The number of rotatable bonds is 2. The summed E-state index contributed by atoms with van der Waals surface area (Å²) >= 11 is 0. The van der Waals surface area contributed by atoms with Crippen molar-refractivity contribution in [2.75, 3.05) is 5.73 Å². The molecule has 0 radical (unpaired) electrons. The maximum Gasteiger partial charge on any atom is 0.123 e. The average Bonchev–Trinajstić information content (AvgIpc) is 2.01. The summed E-state index contributed by atoms with van der Waals surface area (Å²) in [6.07, 6.45) is 1.86. The Bertz CT molecular complexity index is 260. The van der Waals surface area contributed by atoms with E-state index in [1.807, 2.05) is 12.1 Å². The fourth-order valence-corrected chi connectivity index (χ4v) is 0.746. The van der Waals surface area contributed by atoms with E-state index in [2.05, 4.69) is 10.1 Å². The first-order valence-corrected chi connectivity index (χ1v) is 3.20. The van der Waals surface area contributed by atoms with Crippen molar-refractivity contribution in [3.63, 3.8) is 0 Å². The molecule has 1 aromatic rings. The van der Waals surface area contributed by atoms with Crippen LogP contribution in [0.25, 0.3) is 0 Å². The molecule has 0 amide bonds. The molecule has 1 heterocycles. The molecule has 1 aromatic heterocycles. The second-order valence-electron chi connectivity index (χ2n) is 2.06. The Morgan fingerprint density at radius 2 is 2.45 bits per heavy atom. The van der Waals surface area contributed by atoms with Gasteiger partial charge in [-0.3, -0.25) is 0 Å². The van der Waals surface area contributed by atoms with E-state index in [9.17, 15) is 0 Å². The minimum absolute atomic E-state index is 0.480. The Hall–Kier alpha value is -1.58. The molecule has 11 heavy (non-hydrogen) atoms. The molecule has 1 rings (SSSR count). The van der Waals surface area contributed by atoms with E-state index in [1.165, 1.54) is 6.21 Å². The summed E-state index contributed by atoms with van der Waals surface area (Å²) in [5.41, 5.74) is 6.21. The largest absolute Gasteiger partial charge is 0.411 e. The average molecular weight is 151 g/mol. The predicted molar refractivity (Wildman–Crippen MR) is 42.6 cm³/mol. The first-order valence-electron chi connectivity index (χ1n) is 3.20. The normalized spacial score (nSPS) is 10.5. The quantitative estimate of drug-likeness (QED) is 0.370. The summed E-state index contributed by atoms with van der Waals surface area (Å²) in [5, 5.41) is 11.0.